The van der Waals surface area contributed by atoms with Crippen LogP contribution < -0.4 is 5.69 Å². The fourth-order valence-corrected chi connectivity index (χ4v) is 4.78. The molecule has 2 heterocycles. The summed E-state index contributed by atoms with van der Waals surface area (Å²) in [5.41, 5.74) is 1.50. The number of aliphatic hydroxyl groups is 1. The van der Waals surface area contributed by atoms with Crippen molar-refractivity contribution in [3.8, 4) is 0 Å². The fourth-order valence-electron chi connectivity index (χ4n) is 4.78. The minimum absolute atomic E-state index is 0.137. The van der Waals surface area contributed by atoms with Crippen LogP contribution in [0.15, 0.2) is 4.79 Å². The van der Waals surface area contributed by atoms with Gasteiger partial charge < -0.3 is 15.0 Å². The summed E-state index contributed by atoms with van der Waals surface area (Å²) in [5, 5.41) is 10.9. The molecule has 3 rings (SSSR count). The Bertz CT molecular complexity index is 688. The highest BCUT2D eigenvalue weighted by Gasteiger charge is 2.48. The van der Waals surface area contributed by atoms with Gasteiger partial charge in [0.2, 0.25) is 5.91 Å². The maximum absolute atomic E-state index is 12.7. The number of hydrogen-bond acceptors (Lipinski definition) is 4. The largest absolute Gasteiger partial charge is 0.390 e. The van der Waals surface area contributed by atoms with Crippen LogP contribution in [0.25, 0.3) is 0 Å². The van der Waals surface area contributed by atoms with Gasteiger partial charge in [0.15, 0.2) is 0 Å². The predicted octanol–water partition coefficient (Wildman–Crippen LogP) is 1.72. The van der Waals surface area contributed by atoms with Crippen LogP contribution in [-0.2, 0) is 11.2 Å². The van der Waals surface area contributed by atoms with Gasteiger partial charge in [-0.1, -0.05) is 13.3 Å². The lowest BCUT2D eigenvalue weighted by molar-refractivity contribution is -0.130. The average Bonchev–Trinajstić information content (AvgIpc) is 2.99. The summed E-state index contributed by atoms with van der Waals surface area (Å²) in [4.78, 5) is 32.7. The van der Waals surface area contributed by atoms with E-state index in [1.807, 2.05) is 25.7 Å². The van der Waals surface area contributed by atoms with Gasteiger partial charge in [-0.15, -0.1) is 0 Å². The maximum atomic E-state index is 12.7. The number of H-pyrrole nitrogens is 1. The molecule has 6 nitrogen and oxygen atoms in total. The summed E-state index contributed by atoms with van der Waals surface area (Å²) < 4.78 is 0. The van der Waals surface area contributed by atoms with E-state index in [1.54, 1.807) is 0 Å². The molecular formula is C19H29N3O3. The first-order valence-electron chi connectivity index (χ1n) is 9.40. The number of amides is 1. The van der Waals surface area contributed by atoms with Crippen molar-refractivity contribution in [1.29, 1.82) is 0 Å². The molecule has 0 radical (unpaired) electrons. The molecule has 1 saturated carbocycles. The van der Waals surface area contributed by atoms with Crippen LogP contribution in [0.1, 0.15) is 56.0 Å². The standard InChI is InChI=1S/C19H29N3O3/c1-4-19(25)9-5-6-14-10-22(11-16(14)19)17(23)8-7-15-12(2)20-18(24)21-13(15)3/h14,16,25H,4-11H2,1-3H3,(H,20,21,24)/t14-,16+,19-/m0/s1. The second kappa shape index (κ2) is 6.90. The van der Waals surface area contributed by atoms with Gasteiger partial charge >= 0.3 is 5.69 Å². The highest BCUT2D eigenvalue weighted by Crippen LogP contribution is 2.44. The molecule has 6 heteroatoms. The molecule has 1 saturated heterocycles. The van der Waals surface area contributed by atoms with Crippen LogP contribution in [0.2, 0.25) is 0 Å². The Balaban J connectivity index is 1.64. The number of carbonyl (C=O) groups excluding carboxylic acids is 1. The Labute approximate surface area is 148 Å². The number of aromatic nitrogens is 2. The summed E-state index contributed by atoms with van der Waals surface area (Å²) in [6, 6.07) is 0. The first kappa shape index (κ1) is 18.1. The molecule has 0 aromatic carbocycles. The second-order valence-electron chi connectivity index (χ2n) is 7.75. The van der Waals surface area contributed by atoms with Crippen LogP contribution in [0.3, 0.4) is 0 Å². The summed E-state index contributed by atoms with van der Waals surface area (Å²) in [6.45, 7) is 7.15. The predicted molar refractivity (Wildman–Crippen MR) is 95.3 cm³/mol. The van der Waals surface area contributed by atoms with Gasteiger partial charge in [0, 0.05) is 36.8 Å². The maximum Gasteiger partial charge on any atom is 0.345 e. The molecule has 2 N–H and O–H groups in total. The first-order chi connectivity index (χ1) is 11.8. The quantitative estimate of drug-likeness (QED) is 0.868. The highest BCUT2D eigenvalue weighted by atomic mass is 16.3. The minimum atomic E-state index is -0.603. The Hall–Kier alpha value is -1.69. The lowest BCUT2D eigenvalue weighted by Gasteiger charge is -2.40. The van der Waals surface area contributed by atoms with Gasteiger partial charge in [0.25, 0.3) is 0 Å². The summed E-state index contributed by atoms with van der Waals surface area (Å²) >= 11 is 0. The molecule has 1 aliphatic carbocycles. The van der Waals surface area contributed by atoms with Gasteiger partial charge in [-0.25, -0.2) is 4.79 Å². The molecule has 1 aromatic heterocycles. The van der Waals surface area contributed by atoms with Gasteiger partial charge in [-0.2, -0.15) is 4.98 Å². The molecule has 2 aliphatic rings. The molecule has 138 valence electrons. The van der Waals surface area contributed by atoms with E-state index in [-0.39, 0.29) is 17.5 Å². The number of fused-ring (bicyclic) bond motifs is 1. The number of aryl methyl sites for hydroxylation is 2. The van der Waals surface area contributed by atoms with Gasteiger partial charge in [0.1, 0.15) is 0 Å². The number of hydrogen-bond donors (Lipinski definition) is 2. The number of rotatable bonds is 4. The molecule has 0 bridgehead atoms. The molecule has 1 aromatic rings. The normalized spacial score (nSPS) is 28.9. The van der Waals surface area contributed by atoms with Crippen molar-refractivity contribution in [3.05, 3.63) is 27.4 Å². The summed E-state index contributed by atoms with van der Waals surface area (Å²) in [5.74, 6) is 0.784. The third-order valence-electron chi connectivity index (χ3n) is 6.32. The van der Waals surface area contributed by atoms with E-state index in [1.165, 1.54) is 0 Å². The number of nitrogens with zero attached hydrogens (tertiary/aromatic N) is 2. The molecule has 1 aliphatic heterocycles. The average molecular weight is 347 g/mol. The minimum Gasteiger partial charge on any atom is -0.390 e. The molecule has 2 fully saturated rings. The van der Waals surface area contributed by atoms with Crippen LogP contribution in [0.5, 0.6) is 0 Å². The lowest BCUT2D eigenvalue weighted by Crippen LogP contribution is -2.44. The zero-order valence-corrected chi connectivity index (χ0v) is 15.5. The Morgan fingerprint density at radius 1 is 1.40 bits per heavy atom. The van der Waals surface area contributed by atoms with Gasteiger partial charge in [-0.05, 0) is 51.0 Å². The van der Waals surface area contributed by atoms with Crippen LogP contribution >= 0.6 is 0 Å². The lowest BCUT2D eigenvalue weighted by atomic mass is 9.69. The van der Waals surface area contributed by atoms with Crippen LogP contribution in [0.4, 0.5) is 0 Å². The van der Waals surface area contributed by atoms with Crippen molar-refractivity contribution in [1.82, 2.24) is 14.9 Å². The van der Waals surface area contributed by atoms with E-state index < -0.39 is 5.60 Å². The van der Waals surface area contributed by atoms with Crippen molar-refractivity contribution in [2.45, 2.75) is 64.9 Å². The van der Waals surface area contributed by atoms with Crippen molar-refractivity contribution in [3.63, 3.8) is 0 Å². The van der Waals surface area contributed by atoms with Crippen LogP contribution in [-0.4, -0.2) is 44.6 Å². The molecule has 3 atom stereocenters. The molecule has 25 heavy (non-hydrogen) atoms. The number of carbonyl (C=O) groups is 1. The molecule has 0 unspecified atom stereocenters. The number of nitrogens with one attached hydrogen (secondary N) is 1. The molecular weight excluding hydrogens is 318 g/mol. The van der Waals surface area contributed by atoms with Gasteiger partial charge in [0.05, 0.1) is 5.60 Å². The SMILES string of the molecule is CC[C@]1(O)CCC[C@H]2CN(C(=O)CCc3c(C)nc(=O)[nH]c3C)C[C@H]21. The second-order valence-corrected chi connectivity index (χ2v) is 7.75. The summed E-state index contributed by atoms with van der Waals surface area (Å²) in [6.07, 6.45) is 4.78. The third kappa shape index (κ3) is 3.50. The first-order valence-corrected chi connectivity index (χ1v) is 9.40. The molecule has 0 spiro atoms. The van der Waals surface area contributed by atoms with Gasteiger partial charge in [-0.3, -0.25) is 4.79 Å². The zero-order chi connectivity index (χ0) is 18.2. The van der Waals surface area contributed by atoms with Crippen LogP contribution in [0, 0.1) is 25.7 Å². The van der Waals surface area contributed by atoms with E-state index in [0.29, 0.717) is 31.0 Å². The Morgan fingerprint density at radius 2 is 2.16 bits per heavy atom. The zero-order valence-electron chi connectivity index (χ0n) is 15.5. The van der Waals surface area contributed by atoms with Crippen molar-refractivity contribution in [2.75, 3.05) is 13.1 Å². The van der Waals surface area contributed by atoms with E-state index in [9.17, 15) is 14.7 Å². The summed E-state index contributed by atoms with van der Waals surface area (Å²) in [7, 11) is 0. The van der Waals surface area contributed by atoms with Crippen molar-refractivity contribution >= 4 is 5.91 Å². The topological polar surface area (TPSA) is 86.3 Å². The fraction of sp³-hybridized carbons (Fsp3) is 0.737. The van der Waals surface area contributed by atoms with E-state index in [4.69, 9.17) is 0 Å². The van der Waals surface area contributed by atoms with E-state index in [2.05, 4.69) is 9.97 Å². The van der Waals surface area contributed by atoms with E-state index in [0.717, 1.165) is 43.5 Å². The number of likely N-dealkylation sites (tertiary alicyclic amines) is 1. The van der Waals surface area contributed by atoms with Crippen molar-refractivity contribution < 1.29 is 9.90 Å². The number of aromatic amines is 1. The van der Waals surface area contributed by atoms with Crippen molar-refractivity contribution in [2.24, 2.45) is 11.8 Å². The Morgan fingerprint density at radius 3 is 2.84 bits per heavy atom. The smallest absolute Gasteiger partial charge is 0.345 e. The third-order valence-corrected chi connectivity index (χ3v) is 6.32. The van der Waals surface area contributed by atoms with E-state index >= 15 is 0 Å². The monoisotopic (exact) mass is 347 g/mol. The highest BCUT2D eigenvalue weighted by molar-refractivity contribution is 5.77. The Kier molecular flexibility index (Phi) is 5.00. The molecule has 1 amide bonds.